The Morgan fingerprint density at radius 3 is 2.81 bits per heavy atom. The van der Waals surface area contributed by atoms with Crippen LogP contribution in [0.5, 0.6) is 0 Å². The molecule has 0 unspecified atom stereocenters. The van der Waals surface area contributed by atoms with Crippen LogP contribution < -0.4 is 5.32 Å². The minimum absolute atomic E-state index is 0.256. The summed E-state index contributed by atoms with van der Waals surface area (Å²) in [5.41, 5.74) is 4.77. The zero-order valence-corrected chi connectivity index (χ0v) is 17.4. The van der Waals surface area contributed by atoms with Crippen LogP contribution in [0.4, 0.5) is 10.3 Å². The molecule has 2 aromatic carbocycles. The quantitative estimate of drug-likeness (QED) is 0.401. The zero-order chi connectivity index (χ0) is 21.4. The van der Waals surface area contributed by atoms with E-state index in [9.17, 15) is 4.39 Å². The lowest BCUT2D eigenvalue weighted by Crippen LogP contribution is -2.12. The average molecular weight is 414 g/mol. The minimum Gasteiger partial charge on any atom is -0.361 e. The van der Waals surface area contributed by atoms with E-state index in [0.29, 0.717) is 23.9 Å². The van der Waals surface area contributed by atoms with Gasteiger partial charge in [-0.15, -0.1) is 0 Å². The number of aromatic amines is 1. The predicted octanol–water partition coefficient (Wildman–Crippen LogP) is 5.19. The van der Waals surface area contributed by atoms with Crippen LogP contribution in [0.1, 0.15) is 30.9 Å². The third-order valence-corrected chi connectivity index (χ3v) is 5.45. The zero-order valence-electron chi connectivity index (χ0n) is 17.4. The second kappa shape index (κ2) is 7.83. The molecule has 0 aliphatic heterocycles. The van der Waals surface area contributed by atoms with Gasteiger partial charge < -0.3 is 10.3 Å². The Kier molecular flexibility index (Phi) is 4.86. The molecule has 0 aliphatic carbocycles. The van der Waals surface area contributed by atoms with Crippen molar-refractivity contribution >= 4 is 22.5 Å². The fourth-order valence-electron chi connectivity index (χ4n) is 3.82. The van der Waals surface area contributed by atoms with Crippen molar-refractivity contribution in [3.63, 3.8) is 0 Å². The highest BCUT2D eigenvalue weighted by Gasteiger charge is 2.16. The predicted molar refractivity (Wildman–Crippen MR) is 121 cm³/mol. The number of rotatable bonds is 6. The van der Waals surface area contributed by atoms with Crippen LogP contribution in [-0.4, -0.2) is 31.1 Å². The fourth-order valence-corrected chi connectivity index (χ4v) is 3.82. The number of hydrogen-bond acceptors (Lipinski definition) is 4. The Morgan fingerprint density at radius 1 is 1.10 bits per heavy atom. The maximum atomic E-state index is 13.8. The number of para-hydroxylation sites is 1. The van der Waals surface area contributed by atoms with E-state index in [0.717, 1.165) is 23.1 Å². The second-order valence-electron chi connectivity index (χ2n) is 7.91. The van der Waals surface area contributed by atoms with Crippen molar-refractivity contribution in [2.45, 2.75) is 26.2 Å². The molecule has 0 bridgehead atoms. The molecular formula is C24H23FN6. The highest BCUT2D eigenvalue weighted by atomic mass is 19.1. The summed E-state index contributed by atoms with van der Waals surface area (Å²) in [5.74, 6) is 1.01. The number of hydrogen-bond donors (Lipinski definition) is 2. The molecule has 0 saturated carbocycles. The maximum Gasteiger partial charge on any atom is 0.227 e. The van der Waals surface area contributed by atoms with Crippen LogP contribution >= 0.6 is 0 Å². The molecule has 0 fully saturated rings. The lowest BCUT2D eigenvalue weighted by atomic mass is 10.1. The van der Waals surface area contributed by atoms with Crippen molar-refractivity contribution in [2.24, 2.45) is 0 Å². The maximum absolute atomic E-state index is 13.8. The summed E-state index contributed by atoms with van der Waals surface area (Å²) in [4.78, 5) is 12.7. The van der Waals surface area contributed by atoms with Crippen LogP contribution in [-0.2, 0) is 6.42 Å². The number of nitrogens with one attached hydrogen (secondary N) is 2. The molecule has 0 amide bonds. The highest BCUT2D eigenvalue weighted by molar-refractivity contribution is 5.83. The number of aromatic nitrogens is 5. The molecule has 156 valence electrons. The van der Waals surface area contributed by atoms with E-state index in [1.165, 1.54) is 23.1 Å². The van der Waals surface area contributed by atoms with Crippen LogP contribution in [0.15, 0.2) is 60.9 Å². The van der Waals surface area contributed by atoms with Gasteiger partial charge >= 0.3 is 0 Å². The lowest BCUT2D eigenvalue weighted by Gasteiger charge is -2.11. The summed E-state index contributed by atoms with van der Waals surface area (Å²) in [6.07, 6.45) is 4.70. The Hall–Kier alpha value is -3.74. The number of H-pyrrole nitrogens is 1. The van der Waals surface area contributed by atoms with E-state index in [1.807, 2.05) is 30.6 Å². The molecule has 0 aliphatic rings. The van der Waals surface area contributed by atoms with Gasteiger partial charge in [0.1, 0.15) is 5.82 Å². The van der Waals surface area contributed by atoms with Gasteiger partial charge in [-0.2, -0.15) is 14.6 Å². The SMILES string of the molecule is CC(C)c1cnn2c(NCCc3c[nH]c4ccccc34)nc(-c3cccc(F)c3)nc12. The van der Waals surface area contributed by atoms with Crippen molar-refractivity contribution in [3.05, 3.63) is 77.9 Å². The number of nitrogens with zero attached hydrogens (tertiary/aromatic N) is 4. The van der Waals surface area contributed by atoms with Gasteiger partial charge in [0, 0.05) is 34.8 Å². The first-order valence-electron chi connectivity index (χ1n) is 10.4. The molecule has 0 atom stereocenters. The second-order valence-corrected chi connectivity index (χ2v) is 7.91. The van der Waals surface area contributed by atoms with Gasteiger partial charge in [-0.25, -0.2) is 9.37 Å². The van der Waals surface area contributed by atoms with E-state index in [-0.39, 0.29) is 11.7 Å². The summed E-state index contributed by atoms with van der Waals surface area (Å²) in [7, 11) is 0. The van der Waals surface area contributed by atoms with Crippen molar-refractivity contribution in [3.8, 4) is 11.4 Å². The Labute approximate surface area is 179 Å². The summed E-state index contributed by atoms with van der Waals surface area (Å²) in [6.45, 7) is 4.88. The summed E-state index contributed by atoms with van der Waals surface area (Å²) in [6, 6.07) is 14.6. The number of benzene rings is 2. The fraction of sp³-hybridized carbons (Fsp3) is 0.208. The normalized spacial score (nSPS) is 11.6. The molecule has 7 heteroatoms. The number of halogens is 1. The molecule has 0 spiro atoms. The van der Waals surface area contributed by atoms with Crippen molar-refractivity contribution in [1.82, 2.24) is 24.6 Å². The van der Waals surface area contributed by atoms with Crippen LogP contribution in [0.3, 0.4) is 0 Å². The summed E-state index contributed by atoms with van der Waals surface area (Å²) in [5, 5.41) is 9.14. The number of fused-ring (bicyclic) bond motifs is 2. The monoisotopic (exact) mass is 414 g/mol. The first-order chi connectivity index (χ1) is 15.1. The molecule has 5 aromatic rings. The van der Waals surface area contributed by atoms with E-state index >= 15 is 0 Å². The molecular weight excluding hydrogens is 391 g/mol. The Bertz CT molecular complexity index is 1370. The Morgan fingerprint density at radius 2 is 1.97 bits per heavy atom. The molecule has 6 nitrogen and oxygen atoms in total. The largest absolute Gasteiger partial charge is 0.361 e. The topological polar surface area (TPSA) is 70.9 Å². The van der Waals surface area contributed by atoms with E-state index in [4.69, 9.17) is 4.98 Å². The van der Waals surface area contributed by atoms with Crippen LogP contribution in [0.25, 0.3) is 27.9 Å². The first kappa shape index (κ1) is 19.2. The van der Waals surface area contributed by atoms with Crippen LogP contribution in [0, 0.1) is 5.82 Å². The molecule has 0 radical (unpaired) electrons. The third kappa shape index (κ3) is 3.63. The summed E-state index contributed by atoms with van der Waals surface area (Å²) >= 11 is 0. The van der Waals surface area contributed by atoms with Gasteiger partial charge in [-0.1, -0.05) is 44.2 Å². The van der Waals surface area contributed by atoms with Gasteiger partial charge in [0.15, 0.2) is 11.5 Å². The van der Waals surface area contributed by atoms with Crippen molar-refractivity contribution in [2.75, 3.05) is 11.9 Å². The first-order valence-corrected chi connectivity index (χ1v) is 10.4. The smallest absolute Gasteiger partial charge is 0.227 e. The van der Waals surface area contributed by atoms with E-state index in [2.05, 4.69) is 46.4 Å². The van der Waals surface area contributed by atoms with Gasteiger partial charge in [-0.05, 0) is 36.1 Å². The van der Waals surface area contributed by atoms with Gasteiger partial charge in [0.2, 0.25) is 5.95 Å². The molecule has 3 heterocycles. The Balaban J connectivity index is 1.49. The molecule has 3 aromatic heterocycles. The highest BCUT2D eigenvalue weighted by Crippen LogP contribution is 2.25. The van der Waals surface area contributed by atoms with Gasteiger partial charge in [-0.3, -0.25) is 0 Å². The minimum atomic E-state index is -0.313. The standard InChI is InChI=1S/C24H23FN6/c1-15(2)20-14-28-31-23(20)29-22(16-6-5-7-18(25)12-16)30-24(31)26-11-10-17-13-27-21-9-4-3-8-19(17)21/h3-9,12-15,27H,10-11H2,1-2H3,(H,26,29,30). The molecule has 5 rings (SSSR count). The lowest BCUT2D eigenvalue weighted by molar-refractivity contribution is 0.628. The van der Waals surface area contributed by atoms with Crippen molar-refractivity contribution < 1.29 is 4.39 Å². The average Bonchev–Trinajstić information content (AvgIpc) is 3.38. The van der Waals surface area contributed by atoms with Crippen molar-refractivity contribution in [1.29, 1.82) is 0 Å². The van der Waals surface area contributed by atoms with E-state index < -0.39 is 0 Å². The summed E-state index contributed by atoms with van der Waals surface area (Å²) < 4.78 is 15.5. The van der Waals surface area contributed by atoms with Crippen LogP contribution in [0.2, 0.25) is 0 Å². The van der Waals surface area contributed by atoms with Gasteiger partial charge in [0.05, 0.1) is 6.20 Å². The molecule has 0 saturated heterocycles. The molecule has 2 N–H and O–H groups in total. The molecule has 31 heavy (non-hydrogen) atoms. The third-order valence-electron chi connectivity index (χ3n) is 5.45. The van der Waals surface area contributed by atoms with Gasteiger partial charge in [0.25, 0.3) is 0 Å². The number of anilines is 1. The van der Waals surface area contributed by atoms with E-state index in [1.54, 1.807) is 10.6 Å².